The molecule has 4 unspecified atom stereocenters. The third-order valence-electron chi connectivity index (χ3n) is 7.03. The number of allylic oxidation sites excluding steroid dienone is 2. The summed E-state index contributed by atoms with van der Waals surface area (Å²) in [5, 5.41) is 0. The maximum Gasteiger partial charge on any atom is 0.166 e. The maximum atomic E-state index is 15.0. The molecule has 0 bridgehead atoms. The maximum absolute atomic E-state index is 15.0. The molecular weight excluding hydrogens is 350 g/mol. The summed E-state index contributed by atoms with van der Waals surface area (Å²) in [5.41, 5.74) is 2.80. The van der Waals surface area contributed by atoms with Crippen molar-refractivity contribution in [3.05, 3.63) is 71.3 Å². The van der Waals surface area contributed by atoms with Crippen LogP contribution in [0, 0.1) is 36.3 Å². The van der Waals surface area contributed by atoms with E-state index >= 15 is 4.39 Å². The number of aryl methyl sites for hydroxylation is 1. The Labute approximate surface area is 167 Å². The Bertz CT molecular complexity index is 849. The lowest BCUT2D eigenvalue weighted by Gasteiger charge is -2.42. The first-order valence-electron chi connectivity index (χ1n) is 10.7. The first-order valence-corrected chi connectivity index (χ1v) is 10.7. The van der Waals surface area contributed by atoms with Crippen molar-refractivity contribution in [1.29, 1.82) is 0 Å². The fraction of sp³-hybridized carbons (Fsp3) is 0.462. The van der Waals surface area contributed by atoms with Crippen molar-refractivity contribution in [3.63, 3.8) is 0 Å². The van der Waals surface area contributed by atoms with Gasteiger partial charge in [-0.15, -0.1) is 0 Å². The molecule has 2 aromatic rings. The number of fused-ring (bicyclic) bond motifs is 1. The zero-order valence-corrected chi connectivity index (χ0v) is 16.9. The largest absolute Gasteiger partial charge is 0.203 e. The van der Waals surface area contributed by atoms with Crippen LogP contribution in [0.25, 0.3) is 11.1 Å². The van der Waals surface area contributed by atoms with Crippen molar-refractivity contribution in [1.82, 2.24) is 0 Å². The first kappa shape index (κ1) is 19.4. The van der Waals surface area contributed by atoms with E-state index in [0.29, 0.717) is 23.0 Å². The molecule has 0 radical (unpaired) electrons. The molecule has 4 atom stereocenters. The van der Waals surface area contributed by atoms with Crippen molar-refractivity contribution >= 4 is 0 Å². The molecule has 0 amide bonds. The summed E-state index contributed by atoms with van der Waals surface area (Å²) in [4.78, 5) is 0. The number of rotatable bonds is 3. The summed E-state index contributed by atoms with van der Waals surface area (Å²) in [6.45, 7) is 4.09. The molecule has 4 rings (SSSR count). The highest BCUT2D eigenvalue weighted by atomic mass is 19.2. The number of hydrogen-bond acceptors (Lipinski definition) is 0. The van der Waals surface area contributed by atoms with Crippen LogP contribution >= 0.6 is 0 Å². The lowest BCUT2D eigenvalue weighted by Crippen LogP contribution is -2.30. The van der Waals surface area contributed by atoms with E-state index in [2.05, 4.69) is 19.1 Å². The average Bonchev–Trinajstić information content (AvgIpc) is 2.71. The minimum Gasteiger partial charge on any atom is -0.203 e. The molecule has 148 valence electrons. The second kappa shape index (κ2) is 8.19. The van der Waals surface area contributed by atoms with E-state index in [9.17, 15) is 4.39 Å². The Balaban J connectivity index is 1.53. The topological polar surface area (TPSA) is 0 Å². The molecule has 2 fully saturated rings. The molecule has 0 heterocycles. The van der Waals surface area contributed by atoms with E-state index in [1.165, 1.54) is 19.3 Å². The van der Waals surface area contributed by atoms with Gasteiger partial charge in [0.1, 0.15) is 0 Å². The van der Waals surface area contributed by atoms with Crippen molar-refractivity contribution in [2.75, 3.05) is 0 Å². The van der Waals surface area contributed by atoms with Crippen LogP contribution in [-0.4, -0.2) is 0 Å². The van der Waals surface area contributed by atoms with Crippen LogP contribution in [0.2, 0.25) is 0 Å². The van der Waals surface area contributed by atoms with E-state index in [4.69, 9.17) is 0 Å². The first-order chi connectivity index (χ1) is 13.6. The lowest BCUT2D eigenvalue weighted by atomic mass is 9.64. The molecule has 2 heteroatoms. The van der Waals surface area contributed by atoms with Crippen LogP contribution in [0.5, 0.6) is 0 Å². The lowest BCUT2D eigenvalue weighted by molar-refractivity contribution is 0.132. The van der Waals surface area contributed by atoms with Crippen molar-refractivity contribution in [2.45, 2.75) is 58.3 Å². The summed E-state index contributed by atoms with van der Waals surface area (Å²) in [6, 6.07) is 11.2. The third kappa shape index (κ3) is 3.79. The Morgan fingerprint density at radius 2 is 1.54 bits per heavy atom. The standard InChI is InChI=1S/C26H30F2/c1-3-4-18-7-10-21-16-22(12-11-20(21)15-18)24-14-13-23(25(27)26(24)28)19-8-5-17(2)6-9-19/h3-6,8-9,13-14,18,20-22H,7,10-12,15-16H2,1-2H3/b4-3+. The van der Waals surface area contributed by atoms with Gasteiger partial charge in [0.05, 0.1) is 0 Å². The SMILES string of the molecule is C/C=C/C1CCC2CC(c3ccc(-c4ccc(C)cc4)c(F)c3F)CCC2C1. The number of benzene rings is 2. The highest BCUT2D eigenvalue weighted by Crippen LogP contribution is 2.48. The van der Waals surface area contributed by atoms with Gasteiger partial charge < -0.3 is 0 Å². The van der Waals surface area contributed by atoms with Crippen LogP contribution in [-0.2, 0) is 0 Å². The zero-order valence-electron chi connectivity index (χ0n) is 16.9. The molecular formula is C26H30F2. The van der Waals surface area contributed by atoms with Crippen LogP contribution in [0.4, 0.5) is 8.78 Å². The Kier molecular flexibility index (Phi) is 5.66. The number of hydrogen-bond donors (Lipinski definition) is 0. The molecule has 28 heavy (non-hydrogen) atoms. The highest BCUT2D eigenvalue weighted by Gasteiger charge is 2.36. The molecule has 2 aliphatic rings. The molecule has 0 nitrogen and oxygen atoms in total. The fourth-order valence-electron chi connectivity index (χ4n) is 5.49. The van der Waals surface area contributed by atoms with Crippen LogP contribution in [0.1, 0.15) is 62.5 Å². The smallest absolute Gasteiger partial charge is 0.166 e. The van der Waals surface area contributed by atoms with Crippen molar-refractivity contribution < 1.29 is 8.78 Å². The van der Waals surface area contributed by atoms with E-state index in [1.54, 1.807) is 6.07 Å². The summed E-state index contributed by atoms with van der Waals surface area (Å²) >= 11 is 0. The molecule has 0 N–H and O–H groups in total. The normalized spacial score (nSPS) is 27.7. The minimum absolute atomic E-state index is 0.154. The van der Waals surface area contributed by atoms with Gasteiger partial charge in [-0.1, -0.05) is 54.1 Å². The van der Waals surface area contributed by atoms with E-state index in [-0.39, 0.29) is 5.92 Å². The van der Waals surface area contributed by atoms with Gasteiger partial charge in [-0.3, -0.25) is 0 Å². The Hall–Kier alpha value is -1.96. The Morgan fingerprint density at radius 1 is 0.821 bits per heavy atom. The van der Waals surface area contributed by atoms with Gasteiger partial charge in [-0.05, 0) is 87.2 Å². The van der Waals surface area contributed by atoms with Crippen LogP contribution in [0.3, 0.4) is 0 Å². The van der Waals surface area contributed by atoms with Gasteiger partial charge >= 0.3 is 0 Å². The predicted octanol–water partition coefficient (Wildman–Crippen LogP) is 7.82. The van der Waals surface area contributed by atoms with Gasteiger partial charge in [0.2, 0.25) is 0 Å². The van der Waals surface area contributed by atoms with Gasteiger partial charge in [-0.2, -0.15) is 0 Å². The van der Waals surface area contributed by atoms with Crippen LogP contribution < -0.4 is 0 Å². The second-order valence-corrected chi connectivity index (χ2v) is 8.83. The van der Waals surface area contributed by atoms with Gasteiger partial charge in [-0.25, -0.2) is 8.78 Å². The summed E-state index contributed by atoms with van der Waals surface area (Å²) < 4.78 is 29.9. The fourth-order valence-corrected chi connectivity index (χ4v) is 5.49. The van der Waals surface area contributed by atoms with Gasteiger partial charge in [0.15, 0.2) is 11.6 Å². The van der Waals surface area contributed by atoms with Crippen molar-refractivity contribution in [3.8, 4) is 11.1 Å². The molecule has 0 aliphatic heterocycles. The summed E-state index contributed by atoms with van der Waals surface area (Å²) in [6.07, 6.45) is 11.4. The quantitative estimate of drug-likeness (QED) is 0.476. The van der Waals surface area contributed by atoms with E-state index in [0.717, 1.165) is 36.3 Å². The molecule has 0 saturated heterocycles. The second-order valence-electron chi connectivity index (χ2n) is 8.83. The molecule has 0 aromatic heterocycles. The minimum atomic E-state index is -0.694. The average molecular weight is 381 g/mol. The third-order valence-corrected chi connectivity index (χ3v) is 7.03. The highest BCUT2D eigenvalue weighted by molar-refractivity contribution is 5.65. The van der Waals surface area contributed by atoms with Gasteiger partial charge in [0, 0.05) is 5.56 Å². The predicted molar refractivity (Wildman–Crippen MR) is 112 cm³/mol. The van der Waals surface area contributed by atoms with Crippen LogP contribution in [0.15, 0.2) is 48.6 Å². The molecule has 2 saturated carbocycles. The van der Waals surface area contributed by atoms with E-state index < -0.39 is 11.6 Å². The van der Waals surface area contributed by atoms with E-state index in [1.807, 2.05) is 37.3 Å². The zero-order chi connectivity index (χ0) is 19.7. The summed E-state index contributed by atoms with van der Waals surface area (Å²) in [7, 11) is 0. The summed E-state index contributed by atoms with van der Waals surface area (Å²) in [5.74, 6) is 0.960. The Morgan fingerprint density at radius 3 is 2.29 bits per heavy atom. The molecule has 0 spiro atoms. The monoisotopic (exact) mass is 380 g/mol. The molecule has 2 aromatic carbocycles. The number of halogens is 2. The molecule has 2 aliphatic carbocycles. The van der Waals surface area contributed by atoms with Gasteiger partial charge in [0.25, 0.3) is 0 Å². The van der Waals surface area contributed by atoms with Crippen molar-refractivity contribution in [2.24, 2.45) is 17.8 Å².